The number of hydrogen-bond acceptors (Lipinski definition) is 5. The molecule has 0 unspecified atom stereocenters. The zero-order valence-electron chi connectivity index (χ0n) is 11.7. The number of rotatable bonds is 5. The van der Waals surface area contributed by atoms with E-state index in [1.165, 1.54) is 37.3 Å². The first-order valence-electron chi connectivity index (χ1n) is 6.18. The standard InChI is InChI=1S/C13H11Cl2N3O4S/c1-8-2-4-10(18(19)20)7-13(8)23(21,22)17-16-9-3-5-11(14)12(15)6-9/h2-7,16-17H,1H3. The maximum atomic E-state index is 12.3. The molecule has 0 aliphatic rings. The van der Waals surface area contributed by atoms with Crippen molar-refractivity contribution in [2.24, 2.45) is 0 Å². The van der Waals surface area contributed by atoms with Crippen molar-refractivity contribution in [1.29, 1.82) is 0 Å². The van der Waals surface area contributed by atoms with Crippen molar-refractivity contribution in [2.45, 2.75) is 11.8 Å². The van der Waals surface area contributed by atoms with Crippen LogP contribution >= 0.6 is 23.2 Å². The fourth-order valence-electron chi connectivity index (χ4n) is 1.75. The monoisotopic (exact) mass is 375 g/mol. The van der Waals surface area contributed by atoms with Crippen molar-refractivity contribution >= 4 is 44.6 Å². The highest BCUT2D eigenvalue weighted by Gasteiger charge is 2.20. The van der Waals surface area contributed by atoms with Gasteiger partial charge in [0.05, 0.1) is 25.6 Å². The minimum atomic E-state index is -4.01. The smallest absolute Gasteiger partial charge is 0.270 e. The molecular formula is C13H11Cl2N3O4S. The van der Waals surface area contributed by atoms with Crippen molar-refractivity contribution < 1.29 is 13.3 Å². The number of benzene rings is 2. The molecule has 0 atom stereocenters. The Labute approximate surface area is 142 Å². The van der Waals surface area contributed by atoms with Gasteiger partial charge in [-0.2, -0.15) is 0 Å². The molecule has 2 N–H and O–H groups in total. The number of hydrogen-bond donors (Lipinski definition) is 2. The lowest BCUT2D eigenvalue weighted by Gasteiger charge is -2.11. The summed E-state index contributed by atoms with van der Waals surface area (Å²) in [6, 6.07) is 8.06. The third-order valence-electron chi connectivity index (χ3n) is 2.92. The Hall–Kier alpha value is -1.87. The van der Waals surface area contributed by atoms with Crippen LogP contribution in [0.5, 0.6) is 0 Å². The van der Waals surface area contributed by atoms with Gasteiger partial charge in [-0.3, -0.25) is 10.1 Å². The third-order valence-corrected chi connectivity index (χ3v) is 5.05. The lowest BCUT2D eigenvalue weighted by Crippen LogP contribution is -2.30. The minimum absolute atomic E-state index is 0.195. The molecule has 0 saturated heterocycles. The number of aryl methyl sites for hydroxylation is 1. The van der Waals surface area contributed by atoms with Crippen LogP contribution in [0.2, 0.25) is 10.0 Å². The van der Waals surface area contributed by atoms with E-state index < -0.39 is 14.9 Å². The quantitative estimate of drug-likeness (QED) is 0.614. The zero-order chi connectivity index (χ0) is 17.2. The van der Waals surface area contributed by atoms with Crippen LogP contribution < -0.4 is 10.3 Å². The van der Waals surface area contributed by atoms with Crippen molar-refractivity contribution in [3.63, 3.8) is 0 Å². The molecule has 0 spiro atoms. The average molecular weight is 376 g/mol. The second kappa shape index (κ2) is 6.71. The number of nitrogens with one attached hydrogen (secondary N) is 2. The summed E-state index contributed by atoms with van der Waals surface area (Å²) in [7, 11) is -4.01. The molecule has 10 heteroatoms. The molecule has 0 amide bonds. The van der Waals surface area contributed by atoms with Crippen LogP contribution in [0.1, 0.15) is 5.56 Å². The molecule has 0 radical (unpaired) electrons. The van der Waals surface area contributed by atoms with E-state index >= 15 is 0 Å². The van der Waals surface area contributed by atoms with Crippen molar-refractivity contribution in [2.75, 3.05) is 5.43 Å². The fourth-order valence-corrected chi connectivity index (χ4v) is 3.17. The van der Waals surface area contributed by atoms with Crippen molar-refractivity contribution in [1.82, 2.24) is 4.83 Å². The zero-order valence-corrected chi connectivity index (χ0v) is 14.0. The first-order valence-corrected chi connectivity index (χ1v) is 8.42. The summed E-state index contributed by atoms with van der Waals surface area (Å²) < 4.78 is 24.6. The minimum Gasteiger partial charge on any atom is -0.308 e. The normalized spacial score (nSPS) is 11.3. The highest BCUT2D eigenvalue weighted by Crippen LogP contribution is 2.25. The number of nitrogens with zero attached hydrogens (tertiary/aromatic N) is 1. The lowest BCUT2D eigenvalue weighted by molar-refractivity contribution is -0.385. The van der Waals surface area contributed by atoms with E-state index in [1.54, 1.807) is 0 Å². The van der Waals surface area contributed by atoms with E-state index in [2.05, 4.69) is 10.3 Å². The van der Waals surface area contributed by atoms with Crippen molar-refractivity contribution in [3.8, 4) is 0 Å². The molecule has 0 fully saturated rings. The Bertz CT molecular complexity index is 872. The molecule has 122 valence electrons. The summed E-state index contributed by atoms with van der Waals surface area (Å²) in [4.78, 5) is 12.1. The number of nitro groups is 1. The van der Waals surface area contributed by atoms with Crippen LogP contribution in [0.15, 0.2) is 41.3 Å². The van der Waals surface area contributed by atoms with Gasteiger partial charge in [0.25, 0.3) is 15.7 Å². The van der Waals surface area contributed by atoms with Gasteiger partial charge in [0, 0.05) is 12.1 Å². The Morgan fingerprint density at radius 1 is 1.09 bits per heavy atom. The largest absolute Gasteiger partial charge is 0.308 e. The van der Waals surface area contributed by atoms with Gasteiger partial charge in [0.1, 0.15) is 0 Å². The summed E-state index contributed by atoms with van der Waals surface area (Å²) in [6.45, 7) is 1.54. The Morgan fingerprint density at radius 3 is 2.39 bits per heavy atom. The first-order chi connectivity index (χ1) is 10.7. The molecule has 0 aliphatic carbocycles. The lowest BCUT2D eigenvalue weighted by atomic mass is 10.2. The van der Waals surface area contributed by atoms with Crippen LogP contribution in [-0.4, -0.2) is 13.3 Å². The van der Waals surface area contributed by atoms with E-state index in [4.69, 9.17) is 23.2 Å². The molecule has 2 rings (SSSR count). The number of sulfonamides is 1. The van der Waals surface area contributed by atoms with E-state index in [9.17, 15) is 18.5 Å². The number of anilines is 1. The first kappa shape index (κ1) is 17.5. The molecule has 2 aromatic rings. The summed E-state index contributed by atoms with van der Waals surface area (Å²) in [5.74, 6) is 0. The Kier molecular flexibility index (Phi) is 5.10. The topological polar surface area (TPSA) is 101 Å². The SMILES string of the molecule is Cc1ccc([N+](=O)[O-])cc1S(=O)(=O)NNc1ccc(Cl)c(Cl)c1. The maximum Gasteiger partial charge on any atom is 0.270 e. The van der Waals surface area contributed by atoms with Gasteiger partial charge >= 0.3 is 0 Å². The molecule has 0 aromatic heterocycles. The van der Waals surface area contributed by atoms with Gasteiger partial charge < -0.3 is 5.43 Å². The van der Waals surface area contributed by atoms with Crippen LogP contribution in [-0.2, 0) is 10.0 Å². The summed E-state index contributed by atoms with van der Waals surface area (Å²) in [6.07, 6.45) is 0. The predicted molar refractivity (Wildman–Crippen MR) is 88.2 cm³/mol. The second-order valence-electron chi connectivity index (χ2n) is 4.57. The maximum absolute atomic E-state index is 12.3. The highest BCUT2D eigenvalue weighted by molar-refractivity contribution is 7.89. The van der Waals surface area contributed by atoms with E-state index in [-0.39, 0.29) is 15.6 Å². The summed E-state index contributed by atoms with van der Waals surface area (Å²) in [5.41, 5.74) is 2.90. The van der Waals surface area contributed by atoms with Crippen molar-refractivity contribution in [3.05, 3.63) is 62.1 Å². The molecule has 0 bridgehead atoms. The van der Waals surface area contributed by atoms with E-state index in [0.29, 0.717) is 16.3 Å². The van der Waals surface area contributed by atoms with Gasteiger partial charge in [0.15, 0.2) is 0 Å². The van der Waals surface area contributed by atoms with Gasteiger partial charge in [0.2, 0.25) is 0 Å². The Balaban J connectivity index is 2.26. The second-order valence-corrected chi connectivity index (χ2v) is 7.03. The predicted octanol–water partition coefficient (Wildman–Crippen LogP) is 3.52. The van der Waals surface area contributed by atoms with Gasteiger partial charge in [-0.05, 0) is 30.7 Å². The fraction of sp³-hybridized carbons (Fsp3) is 0.0769. The van der Waals surface area contributed by atoms with E-state index in [1.807, 2.05) is 0 Å². The summed E-state index contributed by atoms with van der Waals surface area (Å²) in [5, 5.41) is 11.4. The Morgan fingerprint density at radius 2 is 1.78 bits per heavy atom. The van der Waals surface area contributed by atoms with Crippen LogP contribution in [0.3, 0.4) is 0 Å². The van der Waals surface area contributed by atoms with Crippen LogP contribution in [0, 0.1) is 17.0 Å². The molecule has 23 heavy (non-hydrogen) atoms. The average Bonchev–Trinajstić information content (AvgIpc) is 2.48. The molecule has 0 aliphatic heterocycles. The van der Waals surface area contributed by atoms with Crippen LogP contribution in [0.4, 0.5) is 11.4 Å². The van der Waals surface area contributed by atoms with Gasteiger partial charge in [-0.15, -0.1) is 4.83 Å². The third kappa shape index (κ3) is 4.11. The van der Waals surface area contributed by atoms with Gasteiger partial charge in [-0.25, -0.2) is 8.42 Å². The highest BCUT2D eigenvalue weighted by atomic mass is 35.5. The molecule has 0 saturated carbocycles. The number of nitro benzene ring substituents is 1. The number of non-ortho nitro benzene ring substituents is 1. The number of halogens is 2. The summed E-state index contributed by atoms with van der Waals surface area (Å²) >= 11 is 11.6. The number of hydrazine groups is 1. The van der Waals surface area contributed by atoms with Crippen LogP contribution in [0.25, 0.3) is 0 Å². The molecule has 0 heterocycles. The molecule has 2 aromatic carbocycles. The molecule has 7 nitrogen and oxygen atoms in total. The molecular weight excluding hydrogens is 365 g/mol. The van der Waals surface area contributed by atoms with E-state index in [0.717, 1.165) is 6.07 Å². The van der Waals surface area contributed by atoms with Gasteiger partial charge in [-0.1, -0.05) is 29.3 Å².